The molecule has 5 nitrogen and oxygen atoms in total. The van der Waals surface area contributed by atoms with Gasteiger partial charge in [0.25, 0.3) is 5.56 Å². The molecule has 5 rings (SSSR count). The highest BCUT2D eigenvalue weighted by Gasteiger charge is 2.30. The van der Waals surface area contributed by atoms with Crippen LogP contribution in [-0.4, -0.2) is 31.6 Å². The number of fused-ring (bicyclic) bond motifs is 3. The number of alkyl halides is 3. The second-order valence-corrected chi connectivity index (χ2v) is 9.05. The minimum atomic E-state index is -4.45. The van der Waals surface area contributed by atoms with Crippen LogP contribution in [0.4, 0.5) is 13.2 Å². The second-order valence-electron chi connectivity index (χ2n) is 9.05. The van der Waals surface area contributed by atoms with Crippen LogP contribution < -0.4 is 5.56 Å². The standard InChI is InChI=1S/C26H25F3N4O/c1-16(2)32-10-9-23-21(15-32)20-6-5-19(13-24(20)31(23)3)33-11-8-17(12-25(33)34)22-7-4-18(14-30-22)26(27,28)29/h4-8,11-14,16H,9-10,15H2,1-3H3. The van der Waals surface area contributed by atoms with Gasteiger partial charge in [0.2, 0.25) is 0 Å². The van der Waals surface area contributed by atoms with Crippen LogP contribution in [0.1, 0.15) is 30.7 Å². The molecule has 176 valence electrons. The summed E-state index contributed by atoms with van der Waals surface area (Å²) >= 11 is 0. The van der Waals surface area contributed by atoms with Gasteiger partial charge in [0.1, 0.15) is 0 Å². The molecular weight excluding hydrogens is 441 g/mol. The zero-order valence-corrected chi connectivity index (χ0v) is 19.2. The van der Waals surface area contributed by atoms with Crippen LogP contribution >= 0.6 is 0 Å². The summed E-state index contributed by atoms with van der Waals surface area (Å²) in [5, 5.41) is 1.20. The van der Waals surface area contributed by atoms with Crippen molar-refractivity contribution in [1.29, 1.82) is 0 Å². The number of pyridine rings is 2. The molecule has 4 aromatic rings. The van der Waals surface area contributed by atoms with E-state index in [-0.39, 0.29) is 5.56 Å². The van der Waals surface area contributed by atoms with Gasteiger partial charge in [0.05, 0.1) is 22.5 Å². The molecule has 0 fully saturated rings. The third-order valence-electron chi connectivity index (χ3n) is 6.73. The van der Waals surface area contributed by atoms with Crippen molar-refractivity contribution in [2.45, 2.75) is 39.0 Å². The summed E-state index contributed by atoms with van der Waals surface area (Å²) in [5.41, 5.74) is 4.19. The molecular formula is C26H25F3N4O. The second kappa shape index (κ2) is 8.13. The fourth-order valence-corrected chi connectivity index (χ4v) is 4.76. The summed E-state index contributed by atoms with van der Waals surface area (Å²) < 4.78 is 42.2. The number of benzene rings is 1. The number of hydrogen-bond donors (Lipinski definition) is 0. The van der Waals surface area contributed by atoms with E-state index < -0.39 is 11.7 Å². The summed E-state index contributed by atoms with van der Waals surface area (Å²) in [7, 11) is 2.07. The fraction of sp³-hybridized carbons (Fsp3) is 0.308. The average molecular weight is 467 g/mol. The zero-order chi connectivity index (χ0) is 24.2. The van der Waals surface area contributed by atoms with Gasteiger partial charge in [-0.3, -0.25) is 19.2 Å². The first-order valence-electron chi connectivity index (χ1n) is 11.2. The van der Waals surface area contributed by atoms with Crippen LogP contribution in [0.5, 0.6) is 0 Å². The first-order valence-corrected chi connectivity index (χ1v) is 11.2. The highest BCUT2D eigenvalue weighted by atomic mass is 19.4. The lowest BCUT2D eigenvalue weighted by molar-refractivity contribution is -0.137. The van der Waals surface area contributed by atoms with Crippen LogP contribution in [0.25, 0.3) is 27.8 Å². The topological polar surface area (TPSA) is 43.1 Å². The van der Waals surface area contributed by atoms with Gasteiger partial charge in [-0.15, -0.1) is 0 Å². The molecule has 8 heteroatoms. The van der Waals surface area contributed by atoms with E-state index >= 15 is 0 Å². The minimum Gasteiger partial charge on any atom is -0.347 e. The van der Waals surface area contributed by atoms with Crippen molar-refractivity contribution >= 4 is 10.9 Å². The molecule has 0 saturated heterocycles. The predicted octanol–water partition coefficient (Wildman–Crippen LogP) is 5.18. The monoisotopic (exact) mass is 466 g/mol. The maximum atomic E-state index is 12.9. The largest absolute Gasteiger partial charge is 0.417 e. The first-order chi connectivity index (χ1) is 16.1. The van der Waals surface area contributed by atoms with Crippen LogP contribution in [0.2, 0.25) is 0 Å². The third kappa shape index (κ3) is 3.81. The molecule has 4 heterocycles. The van der Waals surface area contributed by atoms with Crippen LogP contribution in [-0.2, 0) is 26.2 Å². The fourth-order valence-electron chi connectivity index (χ4n) is 4.76. The maximum Gasteiger partial charge on any atom is 0.417 e. The Morgan fingerprint density at radius 3 is 2.50 bits per heavy atom. The summed E-state index contributed by atoms with van der Waals surface area (Å²) in [6, 6.07) is 11.9. The Balaban J connectivity index is 1.50. The maximum absolute atomic E-state index is 12.9. The summed E-state index contributed by atoms with van der Waals surface area (Å²) in [6.07, 6.45) is -1.03. The van der Waals surface area contributed by atoms with E-state index in [9.17, 15) is 18.0 Å². The molecule has 0 N–H and O–H groups in total. The van der Waals surface area contributed by atoms with Gasteiger partial charge in [-0.1, -0.05) is 6.07 Å². The van der Waals surface area contributed by atoms with Crippen LogP contribution in [0.3, 0.4) is 0 Å². The highest BCUT2D eigenvalue weighted by Crippen LogP contribution is 2.32. The number of halogens is 3. The van der Waals surface area contributed by atoms with Gasteiger partial charge >= 0.3 is 6.18 Å². The van der Waals surface area contributed by atoms with Crippen molar-refractivity contribution < 1.29 is 13.2 Å². The SMILES string of the molecule is CC(C)N1CCc2c(c3ccc(-n4ccc(-c5ccc(C(F)(F)F)cn5)cc4=O)cc3n2C)C1. The molecule has 1 aromatic carbocycles. The molecule has 0 spiro atoms. The number of aryl methyl sites for hydroxylation is 1. The molecule has 0 aliphatic carbocycles. The molecule has 0 atom stereocenters. The van der Waals surface area contributed by atoms with Gasteiger partial charge in [0, 0.05) is 67.7 Å². The van der Waals surface area contributed by atoms with Crippen molar-refractivity contribution in [3.63, 3.8) is 0 Å². The first kappa shape index (κ1) is 22.4. The molecule has 0 radical (unpaired) electrons. The predicted molar refractivity (Wildman–Crippen MR) is 126 cm³/mol. The molecule has 0 saturated carbocycles. The molecule has 34 heavy (non-hydrogen) atoms. The summed E-state index contributed by atoms with van der Waals surface area (Å²) in [4.78, 5) is 19.3. The normalized spacial score (nSPS) is 14.7. The number of aromatic nitrogens is 3. The van der Waals surface area contributed by atoms with E-state index in [0.29, 0.717) is 17.3 Å². The Morgan fingerprint density at radius 1 is 1.06 bits per heavy atom. The van der Waals surface area contributed by atoms with E-state index in [1.54, 1.807) is 16.8 Å². The Bertz CT molecular complexity index is 1430. The van der Waals surface area contributed by atoms with Crippen molar-refractivity contribution in [3.05, 3.63) is 82.0 Å². The van der Waals surface area contributed by atoms with Crippen molar-refractivity contribution in [3.8, 4) is 16.9 Å². The van der Waals surface area contributed by atoms with Gasteiger partial charge in [-0.2, -0.15) is 13.2 Å². The van der Waals surface area contributed by atoms with E-state index in [0.717, 1.165) is 43.0 Å². The van der Waals surface area contributed by atoms with Crippen LogP contribution in [0, 0.1) is 0 Å². The molecule has 0 unspecified atom stereocenters. The van der Waals surface area contributed by atoms with Crippen molar-refractivity contribution in [2.75, 3.05) is 6.54 Å². The van der Waals surface area contributed by atoms with E-state index in [1.807, 2.05) is 12.1 Å². The number of rotatable bonds is 3. The Labute approximate surface area is 195 Å². The minimum absolute atomic E-state index is 0.275. The van der Waals surface area contributed by atoms with Crippen LogP contribution in [0.15, 0.2) is 59.7 Å². The average Bonchev–Trinajstić information content (AvgIpc) is 3.09. The smallest absolute Gasteiger partial charge is 0.347 e. The quantitative estimate of drug-likeness (QED) is 0.418. The lowest BCUT2D eigenvalue weighted by Crippen LogP contribution is -2.36. The van der Waals surface area contributed by atoms with E-state index in [2.05, 4.69) is 41.4 Å². The third-order valence-corrected chi connectivity index (χ3v) is 6.73. The molecule has 1 aliphatic rings. The lowest BCUT2D eigenvalue weighted by atomic mass is 10.0. The van der Waals surface area contributed by atoms with Gasteiger partial charge in [-0.25, -0.2) is 0 Å². The van der Waals surface area contributed by atoms with E-state index in [1.165, 1.54) is 28.8 Å². The van der Waals surface area contributed by atoms with Crippen molar-refractivity contribution in [1.82, 2.24) is 19.0 Å². The number of nitrogens with zero attached hydrogens (tertiary/aromatic N) is 4. The highest BCUT2D eigenvalue weighted by molar-refractivity contribution is 5.87. The van der Waals surface area contributed by atoms with Gasteiger partial charge < -0.3 is 4.57 Å². The molecule has 1 aliphatic heterocycles. The van der Waals surface area contributed by atoms with E-state index in [4.69, 9.17) is 0 Å². The Hall–Kier alpha value is -3.39. The number of hydrogen-bond acceptors (Lipinski definition) is 3. The summed E-state index contributed by atoms with van der Waals surface area (Å²) in [6.45, 7) is 6.37. The molecule has 3 aromatic heterocycles. The molecule has 0 amide bonds. The Morgan fingerprint density at radius 2 is 1.85 bits per heavy atom. The van der Waals surface area contributed by atoms with Gasteiger partial charge in [-0.05, 0) is 49.7 Å². The van der Waals surface area contributed by atoms with Crippen molar-refractivity contribution in [2.24, 2.45) is 7.05 Å². The summed E-state index contributed by atoms with van der Waals surface area (Å²) in [5.74, 6) is 0. The molecule has 0 bridgehead atoms. The Kier molecular flexibility index (Phi) is 5.36. The lowest BCUT2D eigenvalue weighted by Gasteiger charge is -2.31. The zero-order valence-electron chi connectivity index (χ0n) is 19.2. The van der Waals surface area contributed by atoms with Gasteiger partial charge in [0.15, 0.2) is 0 Å².